The molecule has 1 saturated heterocycles. The Labute approximate surface area is 191 Å². The maximum atomic E-state index is 12.7. The molecule has 0 aliphatic carbocycles. The Kier molecular flexibility index (Phi) is 7.01. The quantitative estimate of drug-likeness (QED) is 0.360. The van der Waals surface area contributed by atoms with Crippen molar-refractivity contribution in [2.24, 2.45) is 0 Å². The molecule has 3 rings (SSSR count). The first-order valence-corrected chi connectivity index (χ1v) is 10.1. The number of nitro groups is 1. The lowest BCUT2D eigenvalue weighted by atomic mass is 10.1. The fraction of sp³-hybridized carbons (Fsp3) is 0.150. The SMILES string of the molecule is COc1ccc(NC(=O)CN2C(=O)S/C(=C/c3cc([N+](=O)[O-])ccc3OC)C2=O)cc1Cl. The number of carbonyl (C=O) groups is 3. The largest absolute Gasteiger partial charge is 0.496 e. The third kappa shape index (κ3) is 5.01. The van der Waals surface area contributed by atoms with E-state index in [0.29, 0.717) is 23.2 Å². The van der Waals surface area contributed by atoms with Gasteiger partial charge in [0.25, 0.3) is 16.8 Å². The fourth-order valence-electron chi connectivity index (χ4n) is 2.81. The molecule has 166 valence electrons. The maximum absolute atomic E-state index is 12.7. The number of thioether (sulfide) groups is 1. The van der Waals surface area contributed by atoms with Gasteiger partial charge in [-0.3, -0.25) is 29.4 Å². The van der Waals surface area contributed by atoms with Crippen molar-refractivity contribution in [2.75, 3.05) is 26.1 Å². The fourth-order valence-corrected chi connectivity index (χ4v) is 3.90. The number of imide groups is 1. The van der Waals surface area contributed by atoms with Crippen molar-refractivity contribution in [1.82, 2.24) is 4.90 Å². The number of non-ortho nitro benzene ring substituents is 1. The number of halogens is 1. The van der Waals surface area contributed by atoms with E-state index in [1.54, 1.807) is 12.1 Å². The molecule has 0 bridgehead atoms. The summed E-state index contributed by atoms with van der Waals surface area (Å²) in [5, 5.41) is 13.2. The average Bonchev–Trinajstić information content (AvgIpc) is 3.01. The van der Waals surface area contributed by atoms with Crippen LogP contribution >= 0.6 is 23.4 Å². The van der Waals surface area contributed by atoms with Crippen LogP contribution in [0.1, 0.15) is 5.56 Å². The first-order chi connectivity index (χ1) is 15.2. The molecule has 1 aliphatic rings. The minimum absolute atomic E-state index is 0.00842. The van der Waals surface area contributed by atoms with Gasteiger partial charge in [-0.05, 0) is 42.1 Å². The molecule has 0 unspecified atom stereocenters. The molecular weight excluding hydrogens is 462 g/mol. The number of ether oxygens (including phenoxy) is 2. The Morgan fingerprint density at radius 2 is 1.88 bits per heavy atom. The molecule has 0 atom stereocenters. The molecule has 1 N–H and O–H groups in total. The van der Waals surface area contributed by atoms with Gasteiger partial charge >= 0.3 is 0 Å². The number of anilines is 1. The number of nitrogens with one attached hydrogen (secondary N) is 1. The van der Waals surface area contributed by atoms with Gasteiger partial charge in [0.1, 0.15) is 18.0 Å². The van der Waals surface area contributed by atoms with E-state index in [-0.39, 0.29) is 26.9 Å². The zero-order valence-corrected chi connectivity index (χ0v) is 18.4. The summed E-state index contributed by atoms with van der Waals surface area (Å²) >= 11 is 6.64. The van der Waals surface area contributed by atoms with Crippen LogP contribution in [0, 0.1) is 10.1 Å². The monoisotopic (exact) mass is 477 g/mol. The second-order valence-corrected chi connectivity index (χ2v) is 7.75. The molecule has 1 aliphatic heterocycles. The van der Waals surface area contributed by atoms with Crippen molar-refractivity contribution in [3.63, 3.8) is 0 Å². The van der Waals surface area contributed by atoms with Gasteiger partial charge in [0.05, 0.1) is 29.1 Å². The highest BCUT2D eigenvalue weighted by Gasteiger charge is 2.36. The summed E-state index contributed by atoms with van der Waals surface area (Å²) < 4.78 is 10.2. The molecule has 0 radical (unpaired) electrons. The Hall–Kier alpha value is -3.57. The predicted octanol–water partition coefficient (Wildman–Crippen LogP) is 3.94. The topological polar surface area (TPSA) is 128 Å². The number of nitrogens with zero attached hydrogens (tertiary/aromatic N) is 2. The number of carbonyl (C=O) groups excluding carboxylic acids is 3. The molecule has 12 heteroatoms. The van der Waals surface area contributed by atoms with Crippen LogP contribution < -0.4 is 14.8 Å². The average molecular weight is 478 g/mol. The smallest absolute Gasteiger partial charge is 0.294 e. The van der Waals surface area contributed by atoms with E-state index in [1.807, 2.05) is 0 Å². The first-order valence-electron chi connectivity index (χ1n) is 8.94. The summed E-state index contributed by atoms with van der Waals surface area (Å²) in [5.74, 6) is -0.590. The van der Waals surface area contributed by atoms with Crippen molar-refractivity contribution in [1.29, 1.82) is 0 Å². The molecule has 0 saturated carbocycles. The van der Waals surface area contributed by atoms with Gasteiger partial charge in [0.15, 0.2) is 0 Å². The minimum atomic E-state index is -0.698. The maximum Gasteiger partial charge on any atom is 0.294 e. The zero-order chi connectivity index (χ0) is 23.4. The van der Waals surface area contributed by atoms with E-state index in [1.165, 1.54) is 44.6 Å². The standard InChI is InChI=1S/C20H16ClN3O7S/c1-30-15-6-4-13(24(28)29)7-11(15)8-17-19(26)23(20(27)32-17)10-18(25)22-12-3-5-16(31-2)14(21)9-12/h3-9H,10H2,1-2H3,(H,22,25)/b17-8+. The van der Waals surface area contributed by atoms with Gasteiger partial charge in [0, 0.05) is 23.4 Å². The number of hydrogen-bond acceptors (Lipinski definition) is 8. The number of amides is 3. The highest BCUT2D eigenvalue weighted by atomic mass is 35.5. The highest BCUT2D eigenvalue weighted by Crippen LogP contribution is 2.35. The normalized spacial score (nSPS) is 14.6. The van der Waals surface area contributed by atoms with Gasteiger partial charge in [-0.2, -0.15) is 0 Å². The van der Waals surface area contributed by atoms with E-state index >= 15 is 0 Å². The van der Waals surface area contributed by atoms with Gasteiger partial charge < -0.3 is 14.8 Å². The first kappa shape index (κ1) is 23.1. The van der Waals surface area contributed by atoms with Crippen LogP contribution in [0.2, 0.25) is 5.02 Å². The zero-order valence-electron chi connectivity index (χ0n) is 16.8. The third-order valence-electron chi connectivity index (χ3n) is 4.32. The Balaban J connectivity index is 1.76. The molecule has 3 amide bonds. The van der Waals surface area contributed by atoms with Gasteiger partial charge in [-0.1, -0.05) is 11.6 Å². The van der Waals surface area contributed by atoms with Crippen LogP contribution in [-0.4, -0.2) is 47.6 Å². The number of nitro benzene ring substituents is 1. The minimum Gasteiger partial charge on any atom is -0.496 e. The second kappa shape index (κ2) is 9.71. The van der Waals surface area contributed by atoms with Crippen molar-refractivity contribution in [3.05, 3.63) is 62.0 Å². The molecule has 2 aromatic rings. The van der Waals surface area contributed by atoms with Crippen molar-refractivity contribution in [2.45, 2.75) is 0 Å². The lowest BCUT2D eigenvalue weighted by Crippen LogP contribution is -2.36. The van der Waals surface area contributed by atoms with Crippen molar-refractivity contribution in [3.8, 4) is 11.5 Å². The lowest BCUT2D eigenvalue weighted by molar-refractivity contribution is -0.384. The van der Waals surface area contributed by atoms with Gasteiger partial charge in [-0.25, -0.2) is 0 Å². The van der Waals surface area contributed by atoms with Crippen molar-refractivity contribution < 1.29 is 28.8 Å². The number of methoxy groups -OCH3 is 2. The summed E-state index contributed by atoms with van der Waals surface area (Å²) in [6, 6.07) is 8.48. The Morgan fingerprint density at radius 3 is 2.50 bits per heavy atom. The van der Waals surface area contributed by atoms with Gasteiger partial charge in [0.2, 0.25) is 5.91 Å². The predicted molar refractivity (Wildman–Crippen MR) is 119 cm³/mol. The summed E-state index contributed by atoms with van der Waals surface area (Å²) in [7, 11) is 2.83. The van der Waals surface area contributed by atoms with E-state index < -0.39 is 28.5 Å². The van der Waals surface area contributed by atoms with Crippen LogP contribution in [0.5, 0.6) is 11.5 Å². The highest BCUT2D eigenvalue weighted by molar-refractivity contribution is 8.18. The van der Waals surface area contributed by atoms with Crippen LogP contribution in [0.3, 0.4) is 0 Å². The van der Waals surface area contributed by atoms with E-state index in [4.69, 9.17) is 21.1 Å². The molecule has 32 heavy (non-hydrogen) atoms. The number of rotatable bonds is 7. The van der Waals surface area contributed by atoms with E-state index in [0.717, 1.165) is 4.90 Å². The molecular formula is C20H16ClN3O7S. The van der Waals surface area contributed by atoms with Crippen LogP contribution in [0.25, 0.3) is 6.08 Å². The summed E-state index contributed by atoms with van der Waals surface area (Å²) in [6.07, 6.45) is 1.32. The van der Waals surface area contributed by atoms with E-state index in [9.17, 15) is 24.5 Å². The third-order valence-corrected chi connectivity index (χ3v) is 5.52. The van der Waals surface area contributed by atoms with Gasteiger partial charge in [-0.15, -0.1) is 0 Å². The molecule has 2 aromatic carbocycles. The van der Waals surface area contributed by atoms with E-state index in [2.05, 4.69) is 5.32 Å². The summed E-state index contributed by atoms with van der Waals surface area (Å²) in [5.41, 5.74) is 0.419. The number of benzene rings is 2. The Bertz CT molecular complexity index is 1150. The lowest BCUT2D eigenvalue weighted by Gasteiger charge is -2.13. The molecule has 10 nitrogen and oxygen atoms in total. The van der Waals surface area contributed by atoms with Crippen LogP contribution in [0.4, 0.5) is 16.2 Å². The van der Waals surface area contributed by atoms with Crippen LogP contribution in [0.15, 0.2) is 41.3 Å². The molecule has 0 aromatic heterocycles. The summed E-state index contributed by atoms with van der Waals surface area (Å²) in [6.45, 7) is -0.516. The van der Waals surface area contributed by atoms with Crippen molar-refractivity contribution >= 4 is 57.9 Å². The molecule has 1 heterocycles. The number of hydrogen-bond donors (Lipinski definition) is 1. The summed E-state index contributed by atoms with van der Waals surface area (Å²) in [4.78, 5) is 48.6. The molecule has 0 spiro atoms. The van der Waals surface area contributed by atoms with Crippen LogP contribution in [-0.2, 0) is 9.59 Å². The second-order valence-electron chi connectivity index (χ2n) is 6.35. The Morgan fingerprint density at radius 1 is 1.19 bits per heavy atom. The molecule has 1 fully saturated rings.